The first-order valence-electron chi connectivity index (χ1n) is 8.71. The number of nitrogens with one attached hydrogen (secondary N) is 1. The minimum atomic E-state index is -0.503. The zero-order valence-electron chi connectivity index (χ0n) is 16.4. The molecular formula is C19H18N6O5. The summed E-state index contributed by atoms with van der Waals surface area (Å²) in [5.74, 6) is -0.419. The van der Waals surface area contributed by atoms with Crippen LogP contribution < -0.4 is 10.2 Å². The molecule has 0 aliphatic rings. The van der Waals surface area contributed by atoms with E-state index in [4.69, 9.17) is 4.74 Å². The first-order valence-corrected chi connectivity index (χ1v) is 8.71. The van der Waals surface area contributed by atoms with Crippen molar-refractivity contribution in [1.29, 1.82) is 0 Å². The van der Waals surface area contributed by atoms with Gasteiger partial charge in [-0.3, -0.25) is 14.9 Å². The summed E-state index contributed by atoms with van der Waals surface area (Å²) in [6.07, 6.45) is 0. The van der Waals surface area contributed by atoms with Crippen LogP contribution in [0.4, 0.5) is 5.69 Å². The van der Waals surface area contributed by atoms with Crippen LogP contribution in [-0.2, 0) is 0 Å². The van der Waals surface area contributed by atoms with Gasteiger partial charge in [0.05, 0.1) is 29.1 Å². The van der Waals surface area contributed by atoms with Crippen LogP contribution >= 0.6 is 0 Å². The first kappa shape index (κ1) is 20.5. The fourth-order valence-corrected chi connectivity index (χ4v) is 2.72. The van der Waals surface area contributed by atoms with E-state index in [0.717, 1.165) is 0 Å². The van der Waals surface area contributed by atoms with E-state index in [9.17, 15) is 20.0 Å². The molecule has 0 aliphatic carbocycles. The molecule has 2 aromatic carbocycles. The number of nitro benzene ring substituents is 1. The largest absolute Gasteiger partial charge is 0.504 e. The minimum Gasteiger partial charge on any atom is -0.504 e. The van der Waals surface area contributed by atoms with E-state index in [1.165, 1.54) is 42.1 Å². The zero-order valence-corrected chi connectivity index (χ0v) is 16.4. The molecule has 154 valence electrons. The molecule has 11 nitrogen and oxygen atoms in total. The number of rotatable bonds is 6. The molecule has 1 heterocycles. The second kappa shape index (κ2) is 8.39. The Balaban J connectivity index is 1.81. The highest BCUT2D eigenvalue weighted by Crippen LogP contribution is 2.26. The van der Waals surface area contributed by atoms with E-state index in [0.29, 0.717) is 22.8 Å². The molecule has 3 rings (SSSR count). The van der Waals surface area contributed by atoms with Crippen molar-refractivity contribution in [1.82, 2.24) is 20.4 Å². The van der Waals surface area contributed by atoms with Crippen LogP contribution in [0, 0.1) is 17.0 Å². The number of amides is 1. The second-order valence-corrected chi connectivity index (χ2v) is 6.24. The van der Waals surface area contributed by atoms with E-state index < -0.39 is 10.8 Å². The fraction of sp³-hybridized carbons (Fsp3) is 0.158. The number of hydrogen-bond acceptors (Lipinski definition) is 8. The predicted octanol–water partition coefficient (Wildman–Crippen LogP) is 2.35. The summed E-state index contributed by atoms with van der Waals surface area (Å²) < 4.78 is 6.44. The number of phenols is 1. The maximum atomic E-state index is 12.3. The lowest BCUT2D eigenvalue weighted by Gasteiger charge is -2.06. The second-order valence-electron chi connectivity index (χ2n) is 6.24. The van der Waals surface area contributed by atoms with E-state index in [1.54, 1.807) is 26.0 Å². The number of carbonyl (C=O) groups excluding carboxylic acids is 1. The van der Waals surface area contributed by atoms with Crippen LogP contribution in [0.3, 0.4) is 0 Å². The van der Waals surface area contributed by atoms with E-state index >= 15 is 0 Å². The third-order valence-corrected chi connectivity index (χ3v) is 4.29. The van der Waals surface area contributed by atoms with Gasteiger partial charge in [-0.15, -0.1) is 5.10 Å². The summed E-state index contributed by atoms with van der Waals surface area (Å²) in [6, 6.07) is 10.2. The van der Waals surface area contributed by atoms with E-state index in [-0.39, 0.29) is 22.7 Å². The number of ether oxygens (including phenoxy) is 1. The number of carbonyl (C=O) groups is 1. The molecule has 1 aromatic heterocycles. The van der Waals surface area contributed by atoms with Crippen LogP contribution in [0.25, 0.3) is 5.69 Å². The molecule has 0 saturated heterocycles. The Morgan fingerprint density at radius 2 is 2.07 bits per heavy atom. The van der Waals surface area contributed by atoms with Gasteiger partial charge in [0.25, 0.3) is 11.6 Å². The predicted molar refractivity (Wildman–Crippen MR) is 107 cm³/mol. The Morgan fingerprint density at radius 3 is 2.77 bits per heavy atom. The molecule has 0 radical (unpaired) electrons. The maximum absolute atomic E-state index is 12.3. The van der Waals surface area contributed by atoms with Gasteiger partial charge in [0, 0.05) is 17.7 Å². The average molecular weight is 410 g/mol. The van der Waals surface area contributed by atoms with Crippen molar-refractivity contribution in [2.75, 3.05) is 7.11 Å². The molecule has 0 atom stereocenters. The molecule has 0 bridgehead atoms. The van der Waals surface area contributed by atoms with Gasteiger partial charge in [-0.1, -0.05) is 11.3 Å². The number of nitrogens with zero attached hydrogens (tertiary/aromatic N) is 5. The van der Waals surface area contributed by atoms with Crippen molar-refractivity contribution < 1.29 is 19.6 Å². The molecule has 0 unspecified atom stereocenters. The van der Waals surface area contributed by atoms with Crippen molar-refractivity contribution in [3.05, 3.63) is 69.5 Å². The lowest BCUT2D eigenvalue weighted by Crippen LogP contribution is -2.19. The van der Waals surface area contributed by atoms with Gasteiger partial charge in [-0.25, -0.2) is 10.1 Å². The van der Waals surface area contributed by atoms with Gasteiger partial charge < -0.3 is 9.84 Å². The number of hydrazone groups is 1. The molecule has 11 heteroatoms. The SMILES string of the molecule is COc1cc(C(=O)N/N=C(\C)c2nnn(-c3cccc([N+](=O)[O-])c3)c2C)ccc1O. The molecular weight excluding hydrogens is 392 g/mol. The number of benzene rings is 2. The number of non-ortho nitro benzene ring substituents is 1. The summed E-state index contributed by atoms with van der Waals surface area (Å²) in [7, 11) is 1.38. The highest BCUT2D eigenvalue weighted by Gasteiger charge is 2.16. The molecule has 0 fully saturated rings. The Hall–Kier alpha value is -4.28. The van der Waals surface area contributed by atoms with Crippen molar-refractivity contribution >= 4 is 17.3 Å². The number of phenolic OH excluding ortho intramolecular Hbond substituents is 1. The van der Waals surface area contributed by atoms with Gasteiger partial charge in [-0.05, 0) is 38.1 Å². The number of aromatic nitrogens is 3. The average Bonchev–Trinajstić information content (AvgIpc) is 3.13. The molecule has 2 N–H and O–H groups in total. The fourth-order valence-electron chi connectivity index (χ4n) is 2.72. The normalized spacial score (nSPS) is 11.2. The standard InChI is InChI=1S/C19H18N6O5/c1-11(20-22-19(27)13-7-8-16(26)17(9-13)30-3)18-12(2)24(23-21-18)14-5-4-6-15(10-14)25(28)29/h4-10,26H,1-3H3,(H,22,27)/b20-11+. The van der Waals surface area contributed by atoms with Crippen LogP contribution in [0.5, 0.6) is 11.5 Å². The lowest BCUT2D eigenvalue weighted by atomic mass is 10.2. The highest BCUT2D eigenvalue weighted by atomic mass is 16.6. The third-order valence-electron chi connectivity index (χ3n) is 4.29. The number of hydrogen-bond donors (Lipinski definition) is 2. The summed E-state index contributed by atoms with van der Waals surface area (Å²) in [5, 5.41) is 32.8. The Kier molecular flexibility index (Phi) is 5.72. The maximum Gasteiger partial charge on any atom is 0.271 e. The van der Waals surface area contributed by atoms with Crippen LogP contribution in [0.2, 0.25) is 0 Å². The lowest BCUT2D eigenvalue weighted by molar-refractivity contribution is -0.384. The van der Waals surface area contributed by atoms with E-state index in [2.05, 4.69) is 20.8 Å². The Labute approximate surface area is 170 Å². The van der Waals surface area contributed by atoms with Crippen molar-refractivity contribution in [3.8, 4) is 17.2 Å². The highest BCUT2D eigenvalue weighted by molar-refractivity contribution is 6.00. The Bertz CT molecular complexity index is 1150. The van der Waals surface area contributed by atoms with Gasteiger partial charge in [0.1, 0.15) is 5.69 Å². The topological polar surface area (TPSA) is 145 Å². The van der Waals surface area contributed by atoms with Gasteiger partial charge in [0.15, 0.2) is 11.5 Å². The molecule has 0 spiro atoms. The van der Waals surface area contributed by atoms with E-state index in [1.807, 2.05) is 0 Å². The van der Waals surface area contributed by atoms with Crippen molar-refractivity contribution in [2.45, 2.75) is 13.8 Å². The van der Waals surface area contributed by atoms with Crippen molar-refractivity contribution in [3.63, 3.8) is 0 Å². The smallest absolute Gasteiger partial charge is 0.271 e. The first-order chi connectivity index (χ1) is 14.3. The number of nitro groups is 1. The number of aromatic hydroxyl groups is 1. The minimum absolute atomic E-state index is 0.0640. The van der Waals surface area contributed by atoms with Crippen molar-refractivity contribution in [2.24, 2.45) is 5.10 Å². The quantitative estimate of drug-likeness (QED) is 0.360. The third kappa shape index (κ3) is 4.09. The van der Waals surface area contributed by atoms with Gasteiger partial charge in [0.2, 0.25) is 0 Å². The molecule has 1 amide bonds. The Morgan fingerprint density at radius 1 is 1.30 bits per heavy atom. The molecule has 0 saturated carbocycles. The molecule has 30 heavy (non-hydrogen) atoms. The molecule has 0 aliphatic heterocycles. The summed E-state index contributed by atoms with van der Waals surface area (Å²) in [5.41, 5.74) is 4.49. The van der Waals surface area contributed by atoms with Crippen LogP contribution in [0.15, 0.2) is 47.6 Å². The molecule has 3 aromatic rings. The monoisotopic (exact) mass is 410 g/mol. The van der Waals surface area contributed by atoms with Crippen LogP contribution in [0.1, 0.15) is 28.7 Å². The summed E-state index contributed by atoms with van der Waals surface area (Å²) in [4.78, 5) is 22.8. The summed E-state index contributed by atoms with van der Waals surface area (Å²) in [6.45, 7) is 3.38. The van der Waals surface area contributed by atoms with Gasteiger partial charge in [-0.2, -0.15) is 5.10 Å². The zero-order chi connectivity index (χ0) is 21.8. The number of methoxy groups -OCH3 is 1. The van der Waals surface area contributed by atoms with Gasteiger partial charge >= 0.3 is 0 Å². The summed E-state index contributed by atoms with van der Waals surface area (Å²) >= 11 is 0. The van der Waals surface area contributed by atoms with Crippen LogP contribution in [-0.4, -0.2) is 43.8 Å².